The molecule has 1 heterocycles. The number of unbranched alkanes of at least 4 members (excludes halogenated alkanes) is 1. The summed E-state index contributed by atoms with van der Waals surface area (Å²) in [5.74, 6) is -11.3. The maximum absolute atomic E-state index is 14.1. The largest absolute Gasteiger partial charge is 0.481 e. The number of likely N-dealkylation sites (tertiary alicyclic amines) is 1. The van der Waals surface area contributed by atoms with Crippen LogP contribution in [0.4, 0.5) is 0 Å². The van der Waals surface area contributed by atoms with Crippen molar-refractivity contribution >= 4 is 65.0 Å². The Morgan fingerprint density at radius 2 is 1.30 bits per heavy atom. The van der Waals surface area contributed by atoms with Crippen LogP contribution in [0.2, 0.25) is 0 Å². The highest BCUT2D eigenvalue weighted by Gasteiger charge is 2.41. The lowest BCUT2D eigenvalue weighted by molar-refractivity contribution is -0.146. The van der Waals surface area contributed by atoms with Crippen LogP contribution in [-0.4, -0.2) is 136 Å². The van der Waals surface area contributed by atoms with E-state index < -0.39 is 139 Å². The number of carboxylic acid groups (broad SMARTS) is 2. The van der Waals surface area contributed by atoms with Gasteiger partial charge in [-0.15, -0.1) is 0 Å². The predicted octanol–water partition coefficient (Wildman–Crippen LogP) is -0.932. The number of Topliss-reactive ketones (excluding diaryl/α,β-unsaturated/α-hetero) is 1. The summed E-state index contributed by atoms with van der Waals surface area (Å²) < 4.78 is 4.79. The summed E-state index contributed by atoms with van der Waals surface area (Å²) in [7, 11) is 0. The molecule has 0 aromatic carbocycles. The van der Waals surface area contributed by atoms with Gasteiger partial charge >= 0.3 is 17.9 Å². The van der Waals surface area contributed by atoms with Crippen LogP contribution >= 0.6 is 0 Å². The van der Waals surface area contributed by atoms with E-state index in [2.05, 4.69) is 38.5 Å². The maximum atomic E-state index is 14.1. The molecule has 8 N–H and O–H groups in total. The topological polar surface area (TPSA) is 313 Å². The van der Waals surface area contributed by atoms with Crippen molar-refractivity contribution in [3.63, 3.8) is 0 Å². The Labute approximate surface area is 348 Å². The number of ketones is 1. The molecule has 0 aromatic heterocycles. The highest BCUT2D eigenvalue weighted by molar-refractivity contribution is 6.38. The van der Waals surface area contributed by atoms with Gasteiger partial charge in [0, 0.05) is 26.3 Å². The van der Waals surface area contributed by atoms with Gasteiger partial charge in [0.1, 0.15) is 43.4 Å². The average molecular weight is 852 g/mol. The molecule has 6 atom stereocenters. The zero-order valence-electron chi connectivity index (χ0n) is 35.1. The molecule has 0 spiro atoms. The number of nitrogens with zero attached hydrogens (tertiary/aromatic N) is 1. The van der Waals surface area contributed by atoms with Crippen LogP contribution in [0.15, 0.2) is 12.7 Å². The van der Waals surface area contributed by atoms with E-state index in [1.165, 1.54) is 11.0 Å². The summed E-state index contributed by atoms with van der Waals surface area (Å²) in [6.07, 6.45) is 1.27. The quantitative estimate of drug-likeness (QED) is 0.0281. The van der Waals surface area contributed by atoms with Crippen LogP contribution < -0.4 is 31.9 Å². The van der Waals surface area contributed by atoms with E-state index in [-0.39, 0.29) is 32.4 Å². The molecule has 21 heteroatoms. The van der Waals surface area contributed by atoms with Gasteiger partial charge in [0.2, 0.25) is 41.2 Å². The summed E-state index contributed by atoms with van der Waals surface area (Å²) in [4.78, 5) is 141. The Bertz CT molecular complexity index is 1600. The molecule has 1 aliphatic rings. The number of ether oxygens (including phenoxy) is 1. The SMILES string of the molecule is C=CCOC(=O)CNC(=O)C(=O)C(CCCC)NC(=O)C1CCCN1C(=O)C(NC(=O)C(NC(=O)C(CCC(=O)O)NC(=O)C(CCC(=O)O)NC(C)=O)C(C)C)C(C)C. The highest BCUT2D eigenvalue weighted by Crippen LogP contribution is 2.21. The van der Waals surface area contributed by atoms with Crippen molar-refractivity contribution < 1.29 is 67.7 Å². The second-order valence-corrected chi connectivity index (χ2v) is 15.1. The van der Waals surface area contributed by atoms with Gasteiger partial charge in [-0.25, -0.2) is 0 Å². The molecule has 1 fully saturated rings. The zero-order valence-corrected chi connectivity index (χ0v) is 35.1. The molecule has 336 valence electrons. The fourth-order valence-electron chi connectivity index (χ4n) is 6.16. The monoisotopic (exact) mass is 851 g/mol. The molecule has 1 saturated heterocycles. The summed E-state index contributed by atoms with van der Waals surface area (Å²) in [5, 5.41) is 33.0. The van der Waals surface area contributed by atoms with Crippen LogP contribution in [0, 0.1) is 11.8 Å². The van der Waals surface area contributed by atoms with Crippen molar-refractivity contribution in [2.24, 2.45) is 11.8 Å². The Hall–Kier alpha value is -5.89. The lowest BCUT2D eigenvalue weighted by Gasteiger charge is -2.33. The fourth-order valence-corrected chi connectivity index (χ4v) is 6.16. The molecule has 21 nitrogen and oxygen atoms in total. The summed E-state index contributed by atoms with van der Waals surface area (Å²) >= 11 is 0. The van der Waals surface area contributed by atoms with Crippen molar-refractivity contribution in [2.75, 3.05) is 19.7 Å². The number of carbonyl (C=O) groups is 11. The molecule has 1 aliphatic heterocycles. The van der Waals surface area contributed by atoms with Crippen molar-refractivity contribution in [1.29, 1.82) is 0 Å². The first-order valence-electron chi connectivity index (χ1n) is 20.0. The molecular weight excluding hydrogens is 790 g/mol. The van der Waals surface area contributed by atoms with Crippen molar-refractivity contribution in [2.45, 2.75) is 136 Å². The minimum atomic E-state index is -1.53. The van der Waals surface area contributed by atoms with E-state index in [9.17, 15) is 57.8 Å². The molecule has 0 radical (unpaired) electrons. The molecule has 7 amide bonds. The number of esters is 1. The van der Waals surface area contributed by atoms with E-state index in [1.807, 2.05) is 6.92 Å². The van der Waals surface area contributed by atoms with Crippen molar-refractivity contribution in [1.82, 2.24) is 36.8 Å². The highest BCUT2D eigenvalue weighted by atomic mass is 16.5. The summed E-state index contributed by atoms with van der Waals surface area (Å²) in [6, 6.07) is -7.78. The number of hydrogen-bond donors (Lipinski definition) is 8. The van der Waals surface area contributed by atoms with Gasteiger partial charge in [-0.2, -0.15) is 0 Å². The second kappa shape index (κ2) is 26.3. The van der Waals surface area contributed by atoms with Gasteiger partial charge in [0.25, 0.3) is 5.91 Å². The Morgan fingerprint density at radius 3 is 1.82 bits per heavy atom. The van der Waals surface area contributed by atoms with Crippen LogP contribution in [0.3, 0.4) is 0 Å². The number of aliphatic carboxylic acids is 2. The van der Waals surface area contributed by atoms with Crippen molar-refractivity contribution in [3.05, 3.63) is 12.7 Å². The minimum Gasteiger partial charge on any atom is -0.481 e. The van der Waals surface area contributed by atoms with Gasteiger partial charge in [0.05, 0.1) is 6.04 Å². The Balaban J connectivity index is 3.22. The first-order chi connectivity index (χ1) is 28.1. The van der Waals surface area contributed by atoms with Crippen LogP contribution in [0.5, 0.6) is 0 Å². The number of hydrogen-bond acceptors (Lipinski definition) is 12. The predicted molar refractivity (Wildman–Crippen MR) is 212 cm³/mol. The number of amides is 7. The Kier molecular flexibility index (Phi) is 22.8. The third kappa shape index (κ3) is 17.9. The molecular formula is C39H61N7O14. The lowest BCUT2D eigenvalue weighted by Crippen LogP contribution is -2.61. The lowest BCUT2D eigenvalue weighted by atomic mass is 9.98. The molecule has 0 bridgehead atoms. The smallest absolute Gasteiger partial charge is 0.325 e. The molecule has 60 heavy (non-hydrogen) atoms. The van der Waals surface area contributed by atoms with E-state index in [1.54, 1.807) is 27.7 Å². The molecule has 0 aliphatic carbocycles. The summed E-state index contributed by atoms with van der Waals surface area (Å²) in [6.45, 7) is 12.3. The zero-order chi connectivity index (χ0) is 45.7. The van der Waals surface area contributed by atoms with Crippen LogP contribution in [0.1, 0.15) is 99.3 Å². The first-order valence-corrected chi connectivity index (χ1v) is 20.0. The normalized spacial score (nSPS) is 15.9. The number of carbonyl (C=O) groups excluding carboxylic acids is 9. The van der Waals surface area contributed by atoms with E-state index in [0.29, 0.717) is 19.3 Å². The summed E-state index contributed by atoms with van der Waals surface area (Å²) in [5.41, 5.74) is 0. The van der Waals surface area contributed by atoms with Gasteiger partial charge < -0.3 is 51.8 Å². The van der Waals surface area contributed by atoms with Crippen LogP contribution in [0.25, 0.3) is 0 Å². The van der Waals surface area contributed by atoms with E-state index in [4.69, 9.17) is 9.84 Å². The van der Waals surface area contributed by atoms with E-state index in [0.717, 1.165) is 6.92 Å². The fraction of sp³-hybridized carbons (Fsp3) is 0.667. The van der Waals surface area contributed by atoms with Gasteiger partial charge in [-0.1, -0.05) is 60.1 Å². The number of carboxylic acids is 2. The molecule has 6 unspecified atom stereocenters. The second-order valence-electron chi connectivity index (χ2n) is 15.1. The average Bonchev–Trinajstić information content (AvgIpc) is 3.68. The maximum Gasteiger partial charge on any atom is 0.325 e. The standard InChI is InChI=1S/C39H61N7O14/c1-8-10-12-24(33(53)38(58)40-20-30(52)60-19-9-2)42-36(56)27-13-11-18-46(27)39(59)32(22(5)6)45-37(57)31(21(3)4)44-35(55)26(15-17-29(50)51)43-34(54)25(41-23(7)47)14-16-28(48)49/h9,21-22,24-27,31-32H,2,8,10-20H2,1,3-7H3,(H,40,58)(H,41,47)(H,42,56)(H,43,54)(H,44,55)(H,45,57)(H,48,49)(H,50,51). The van der Waals surface area contributed by atoms with Gasteiger partial charge in [-0.05, 0) is 43.9 Å². The number of rotatable bonds is 27. The van der Waals surface area contributed by atoms with Crippen molar-refractivity contribution in [3.8, 4) is 0 Å². The molecule has 0 aromatic rings. The minimum absolute atomic E-state index is 0.0918. The first kappa shape index (κ1) is 52.1. The molecule has 0 saturated carbocycles. The third-order valence-electron chi connectivity index (χ3n) is 9.40. The Morgan fingerprint density at radius 1 is 0.750 bits per heavy atom. The molecule has 1 rings (SSSR count). The van der Waals surface area contributed by atoms with E-state index >= 15 is 0 Å². The van der Waals surface area contributed by atoms with Gasteiger partial charge in [0.15, 0.2) is 0 Å². The number of nitrogens with one attached hydrogen (secondary N) is 6. The van der Waals surface area contributed by atoms with Crippen LogP contribution in [-0.2, 0) is 57.5 Å². The van der Waals surface area contributed by atoms with Gasteiger partial charge in [-0.3, -0.25) is 52.7 Å². The third-order valence-corrected chi connectivity index (χ3v) is 9.40.